The lowest BCUT2D eigenvalue weighted by atomic mass is 9.98. The number of hydrogen-bond acceptors (Lipinski definition) is 4. The first-order valence-corrected chi connectivity index (χ1v) is 9.48. The lowest BCUT2D eigenvalue weighted by Gasteiger charge is -2.33. The van der Waals surface area contributed by atoms with Gasteiger partial charge in [0.2, 0.25) is 5.91 Å². The molecule has 1 N–H and O–H groups in total. The van der Waals surface area contributed by atoms with Gasteiger partial charge in [-0.1, -0.05) is 6.07 Å². The van der Waals surface area contributed by atoms with Crippen molar-refractivity contribution in [3.8, 4) is 0 Å². The number of aromatic nitrogens is 3. The van der Waals surface area contributed by atoms with Crippen LogP contribution in [0.3, 0.4) is 0 Å². The summed E-state index contributed by atoms with van der Waals surface area (Å²) in [5, 5.41) is 7.61. The van der Waals surface area contributed by atoms with Crippen molar-refractivity contribution in [2.24, 2.45) is 5.92 Å². The Morgan fingerprint density at radius 3 is 2.85 bits per heavy atom. The highest BCUT2D eigenvalue weighted by Gasteiger charge is 2.21. The molecule has 1 atom stereocenters. The molecule has 0 unspecified atom stereocenters. The zero-order chi connectivity index (χ0) is 18.5. The van der Waals surface area contributed by atoms with Crippen molar-refractivity contribution in [1.29, 1.82) is 0 Å². The molecule has 2 aromatic heterocycles. The molecule has 1 aliphatic rings. The molecule has 1 fully saturated rings. The Labute approximate surface area is 155 Å². The second-order valence-electron chi connectivity index (χ2n) is 7.22. The standard InChI is InChI=1S/C20H29N5O/c1-15-16(2)23-25(17(15)3)12-9-20(26)22-13-18-7-6-11-24(14-18)19-8-4-5-10-21-19/h4-5,8,10,18H,6-7,9,11-14H2,1-3H3,(H,22,26)/t18-/m1/s1. The highest BCUT2D eigenvalue weighted by Crippen LogP contribution is 2.20. The van der Waals surface area contributed by atoms with Gasteiger partial charge in [0.15, 0.2) is 0 Å². The summed E-state index contributed by atoms with van der Waals surface area (Å²) < 4.78 is 1.94. The maximum absolute atomic E-state index is 12.2. The van der Waals surface area contributed by atoms with E-state index in [-0.39, 0.29) is 5.91 Å². The van der Waals surface area contributed by atoms with E-state index >= 15 is 0 Å². The van der Waals surface area contributed by atoms with Crippen LogP contribution in [0.2, 0.25) is 0 Å². The molecule has 0 aliphatic carbocycles. The van der Waals surface area contributed by atoms with Crippen LogP contribution >= 0.6 is 0 Å². The molecule has 140 valence electrons. The minimum absolute atomic E-state index is 0.102. The van der Waals surface area contributed by atoms with Crippen LogP contribution in [0.4, 0.5) is 5.82 Å². The highest BCUT2D eigenvalue weighted by molar-refractivity contribution is 5.75. The Bertz CT molecular complexity index is 740. The monoisotopic (exact) mass is 355 g/mol. The molecule has 6 heteroatoms. The van der Waals surface area contributed by atoms with Crippen molar-refractivity contribution < 1.29 is 4.79 Å². The molecule has 2 aromatic rings. The van der Waals surface area contributed by atoms with Crippen LogP contribution < -0.4 is 10.2 Å². The maximum atomic E-state index is 12.2. The molecule has 0 aromatic carbocycles. The number of hydrogen-bond donors (Lipinski definition) is 1. The quantitative estimate of drug-likeness (QED) is 0.865. The highest BCUT2D eigenvalue weighted by atomic mass is 16.1. The first kappa shape index (κ1) is 18.4. The first-order chi connectivity index (χ1) is 12.5. The summed E-state index contributed by atoms with van der Waals surface area (Å²) in [6.07, 6.45) is 4.60. The molecule has 0 radical (unpaired) electrons. The summed E-state index contributed by atoms with van der Waals surface area (Å²) in [5.74, 6) is 1.61. The first-order valence-electron chi connectivity index (χ1n) is 9.48. The van der Waals surface area contributed by atoms with Gasteiger partial charge in [-0.3, -0.25) is 9.48 Å². The van der Waals surface area contributed by atoms with Gasteiger partial charge < -0.3 is 10.2 Å². The number of nitrogens with zero attached hydrogens (tertiary/aromatic N) is 4. The van der Waals surface area contributed by atoms with E-state index in [2.05, 4.69) is 40.2 Å². The summed E-state index contributed by atoms with van der Waals surface area (Å²) in [6, 6.07) is 6.02. The normalized spacial score (nSPS) is 17.3. The van der Waals surface area contributed by atoms with Crippen LogP contribution in [0.5, 0.6) is 0 Å². The van der Waals surface area contributed by atoms with Crippen molar-refractivity contribution >= 4 is 11.7 Å². The van der Waals surface area contributed by atoms with Crippen molar-refractivity contribution in [2.45, 2.75) is 46.6 Å². The number of aryl methyl sites for hydroxylation is 2. The lowest BCUT2D eigenvalue weighted by Crippen LogP contribution is -2.41. The summed E-state index contributed by atoms with van der Waals surface area (Å²) in [4.78, 5) is 19.0. The number of carbonyl (C=O) groups is 1. The van der Waals surface area contributed by atoms with Gasteiger partial charge >= 0.3 is 0 Å². The summed E-state index contributed by atoms with van der Waals surface area (Å²) in [5.41, 5.74) is 3.40. The van der Waals surface area contributed by atoms with Gasteiger partial charge in [0, 0.05) is 44.5 Å². The fourth-order valence-electron chi connectivity index (χ4n) is 3.54. The topological polar surface area (TPSA) is 63.1 Å². The zero-order valence-electron chi connectivity index (χ0n) is 16.0. The number of pyridine rings is 1. The minimum atomic E-state index is 0.102. The van der Waals surface area contributed by atoms with Crippen LogP contribution in [0.1, 0.15) is 36.2 Å². The number of anilines is 1. The summed E-state index contributed by atoms with van der Waals surface area (Å²) >= 11 is 0. The molecule has 0 bridgehead atoms. The van der Waals surface area contributed by atoms with Gasteiger partial charge in [0.25, 0.3) is 0 Å². The van der Waals surface area contributed by atoms with Gasteiger partial charge in [-0.2, -0.15) is 5.10 Å². The van der Waals surface area contributed by atoms with Gasteiger partial charge in [-0.15, -0.1) is 0 Å². The third kappa shape index (κ3) is 4.42. The number of rotatable bonds is 6. The summed E-state index contributed by atoms with van der Waals surface area (Å²) in [6.45, 7) is 9.50. The molecule has 0 saturated carbocycles. The van der Waals surface area contributed by atoms with E-state index in [9.17, 15) is 4.79 Å². The van der Waals surface area contributed by atoms with Gasteiger partial charge in [0.05, 0.1) is 5.69 Å². The Balaban J connectivity index is 1.44. The molecule has 0 spiro atoms. The Morgan fingerprint density at radius 1 is 1.31 bits per heavy atom. The van der Waals surface area contributed by atoms with Gasteiger partial charge in [0.1, 0.15) is 5.82 Å². The van der Waals surface area contributed by atoms with Crippen molar-refractivity contribution in [1.82, 2.24) is 20.1 Å². The molecule has 1 aliphatic heterocycles. The average molecular weight is 355 g/mol. The number of carbonyl (C=O) groups excluding carboxylic acids is 1. The molecular weight excluding hydrogens is 326 g/mol. The second-order valence-corrected chi connectivity index (χ2v) is 7.22. The van der Waals surface area contributed by atoms with E-state index in [1.807, 2.05) is 29.9 Å². The maximum Gasteiger partial charge on any atom is 0.221 e. The Morgan fingerprint density at radius 2 is 2.15 bits per heavy atom. The average Bonchev–Trinajstić information content (AvgIpc) is 2.92. The predicted molar refractivity (Wildman–Crippen MR) is 103 cm³/mol. The lowest BCUT2D eigenvalue weighted by molar-refractivity contribution is -0.121. The van der Waals surface area contributed by atoms with E-state index < -0.39 is 0 Å². The number of piperidine rings is 1. The Kier molecular flexibility index (Phi) is 5.91. The third-order valence-electron chi connectivity index (χ3n) is 5.37. The fraction of sp³-hybridized carbons (Fsp3) is 0.550. The largest absolute Gasteiger partial charge is 0.356 e. The van der Waals surface area contributed by atoms with E-state index in [4.69, 9.17) is 0 Å². The van der Waals surface area contributed by atoms with Crippen molar-refractivity contribution in [3.05, 3.63) is 41.3 Å². The van der Waals surface area contributed by atoms with Crippen LogP contribution in [0, 0.1) is 26.7 Å². The minimum Gasteiger partial charge on any atom is -0.356 e. The predicted octanol–water partition coefficient (Wildman–Crippen LogP) is 2.63. The van der Waals surface area contributed by atoms with E-state index in [0.717, 1.165) is 49.7 Å². The van der Waals surface area contributed by atoms with Gasteiger partial charge in [-0.05, 0) is 57.2 Å². The van der Waals surface area contributed by atoms with Crippen LogP contribution in [-0.4, -0.2) is 40.3 Å². The molecule has 1 amide bonds. The van der Waals surface area contributed by atoms with Crippen LogP contribution in [0.15, 0.2) is 24.4 Å². The second kappa shape index (κ2) is 8.34. The molecule has 1 saturated heterocycles. The van der Waals surface area contributed by atoms with E-state index in [1.165, 1.54) is 5.56 Å². The smallest absolute Gasteiger partial charge is 0.221 e. The third-order valence-corrected chi connectivity index (χ3v) is 5.37. The SMILES string of the molecule is Cc1nn(CCC(=O)NC[C@H]2CCCN(c3ccccn3)C2)c(C)c1C. The fourth-order valence-corrected chi connectivity index (χ4v) is 3.54. The van der Waals surface area contributed by atoms with Crippen molar-refractivity contribution in [2.75, 3.05) is 24.5 Å². The van der Waals surface area contributed by atoms with Crippen LogP contribution in [0.25, 0.3) is 0 Å². The van der Waals surface area contributed by atoms with E-state index in [0.29, 0.717) is 18.9 Å². The van der Waals surface area contributed by atoms with Gasteiger partial charge in [-0.25, -0.2) is 4.98 Å². The van der Waals surface area contributed by atoms with Crippen LogP contribution in [-0.2, 0) is 11.3 Å². The Hall–Kier alpha value is -2.37. The molecular formula is C20H29N5O. The molecule has 26 heavy (non-hydrogen) atoms. The summed E-state index contributed by atoms with van der Waals surface area (Å²) in [7, 11) is 0. The van der Waals surface area contributed by atoms with E-state index in [1.54, 1.807) is 0 Å². The number of amides is 1. The number of nitrogens with one attached hydrogen (secondary N) is 1. The zero-order valence-corrected chi connectivity index (χ0v) is 16.0. The molecule has 3 rings (SSSR count). The molecule has 6 nitrogen and oxygen atoms in total. The molecule has 3 heterocycles. The van der Waals surface area contributed by atoms with Crippen molar-refractivity contribution in [3.63, 3.8) is 0 Å².